The summed E-state index contributed by atoms with van der Waals surface area (Å²) in [6.07, 6.45) is 8.59. The van der Waals surface area contributed by atoms with Gasteiger partial charge in [-0.1, -0.05) is 20.3 Å². The van der Waals surface area contributed by atoms with E-state index in [2.05, 4.69) is 19.2 Å². The normalized spacial score (nSPS) is 27.2. The van der Waals surface area contributed by atoms with Crippen LogP contribution in [0, 0.1) is 5.41 Å². The lowest BCUT2D eigenvalue weighted by Gasteiger charge is -2.34. The van der Waals surface area contributed by atoms with Crippen LogP contribution in [0.4, 0.5) is 4.79 Å². The molecule has 1 N–H and O–H groups in total. The Balaban J connectivity index is 1.72. The maximum Gasteiger partial charge on any atom is 0.409 e. The van der Waals surface area contributed by atoms with Crippen molar-refractivity contribution in [1.29, 1.82) is 0 Å². The molecule has 2 rings (SSSR count). The van der Waals surface area contributed by atoms with E-state index in [-0.39, 0.29) is 6.09 Å². The first-order valence-corrected chi connectivity index (χ1v) is 8.68. The number of nitrogens with one attached hydrogen (secondary N) is 1. The molecule has 1 heterocycles. The molecule has 4 nitrogen and oxygen atoms in total. The van der Waals surface area contributed by atoms with E-state index in [1.165, 1.54) is 32.1 Å². The average Bonchev–Trinajstić information content (AvgIpc) is 2.61. The molecule has 0 bridgehead atoms. The molecule has 1 saturated heterocycles. The minimum absolute atomic E-state index is 0.146. The van der Waals surface area contributed by atoms with Crippen LogP contribution in [0.3, 0.4) is 0 Å². The van der Waals surface area contributed by atoms with E-state index in [0.717, 1.165) is 25.9 Å². The van der Waals surface area contributed by atoms with Crippen LogP contribution in [0.1, 0.15) is 65.7 Å². The second-order valence-electron chi connectivity index (χ2n) is 7.42. The van der Waals surface area contributed by atoms with Crippen LogP contribution in [0.5, 0.6) is 0 Å². The van der Waals surface area contributed by atoms with Crippen molar-refractivity contribution in [2.45, 2.75) is 77.8 Å². The van der Waals surface area contributed by atoms with Gasteiger partial charge in [-0.25, -0.2) is 4.79 Å². The Hall–Kier alpha value is -0.770. The third-order valence-corrected chi connectivity index (χ3v) is 5.07. The van der Waals surface area contributed by atoms with E-state index in [9.17, 15) is 4.79 Å². The smallest absolute Gasteiger partial charge is 0.409 e. The number of hydrogen-bond acceptors (Lipinski definition) is 3. The molecule has 1 unspecified atom stereocenters. The van der Waals surface area contributed by atoms with Gasteiger partial charge in [-0.15, -0.1) is 0 Å². The molecule has 1 atom stereocenters. The van der Waals surface area contributed by atoms with Gasteiger partial charge in [0.25, 0.3) is 0 Å². The molecule has 0 radical (unpaired) electrons. The Kier molecular flexibility index (Phi) is 5.91. The van der Waals surface area contributed by atoms with Crippen molar-refractivity contribution in [2.75, 3.05) is 19.7 Å². The van der Waals surface area contributed by atoms with Gasteiger partial charge in [-0.2, -0.15) is 0 Å². The topological polar surface area (TPSA) is 41.6 Å². The van der Waals surface area contributed by atoms with Gasteiger partial charge in [-0.3, -0.25) is 0 Å². The minimum atomic E-state index is -0.146. The first-order valence-electron chi connectivity index (χ1n) is 8.68. The van der Waals surface area contributed by atoms with Crippen molar-refractivity contribution in [3.63, 3.8) is 0 Å². The van der Waals surface area contributed by atoms with Crippen molar-refractivity contribution in [2.24, 2.45) is 5.41 Å². The van der Waals surface area contributed by atoms with E-state index in [0.29, 0.717) is 24.1 Å². The predicted molar refractivity (Wildman–Crippen MR) is 85.4 cm³/mol. The number of rotatable bonds is 3. The summed E-state index contributed by atoms with van der Waals surface area (Å²) in [6.45, 7) is 8.78. The highest BCUT2D eigenvalue weighted by molar-refractivity contribution is 5.67. The fraction of sp³-hybridized carbons (Fsp3) is 0.941. The standard InChI is InChI=1S/C17H32N2O2/c1-4-21-16(20)19-12-8-15(9-13-19)18-14-6-5-10-17(2,3)11-7-14/h14-15,18H,4-13H2,1-3H3. The zero-order chi connectivity index (χ0) is 15.3. The molecule has 1 saturated carbocycles. The molecule has 1 aliphatic carbocycles. The van der Waals surface area contributed by atoms with Gasteiger partial charge in [0.05, 0.1) is 6.61 Å². The Morgan fingerprint density at radius 3 is 2.48 bits per heavy atom. The number of nitrogens with zero attached hydrogens (tertiary/aromatic N) is 1. The maximum atomic E-state index is 11.7. The third kappa shape index (κ3) is 5.17. The van der Waals surface area contributed by atoms with Crippen LogP contribution in [-0.4, -0.2) is 42.8 Å². The molecule has 1 amide bonds. The van der Waals surface area contributed by atoms with Gasteiger partial charge in [0.15, 0.2) is 0 Å². The number of ether oxygens (including phenoxy) is 1. The molecular formula is C17H32N2O2. The Morgan fingerprint density at radius 1 is 1.14 bits per heavy atom. The molecule has 122 valence electrons. The zero-order valence-electron chi connectivity index (χ0n) is 14.0. The number of likely N-dealkylation sites (tertiary alicyclic amines) is 1. The van der Waals surface area contributed by atoms with Gasteiger partial charge in [0, 0.05) is 25.2 Å². The molecule has 21 heavy (non-hydrogen) atoms. The van der Waals surface area contributed by atoms with Crippen LogP contribution in [0.25, 0.3) is 0 Å². The quantitative estimate of drug-likeness (QED) is 0.810. The van der Waals surface area contributed by atoms with Gasteiger partial charge in [-0.05, 0) is 50.9 Å². The van der Waals surface area contributed by atoms with Crippen molar-refractivity contribution in [1.82, 2.24) is 10.2 Å². The highest BCUT2D eigenvalue weighted by Crippen LogP contribution is 2.34. The molecule has 0 spiro atoms. The van der Waals surface area contributed by atoms with E-state index < -0.39 is 0 Å². The molecule has 0 aromatic rings. The molecule has 1 aliphatic heterocycles. The van der Waals surface area contributed by atoms with Crippen LogP contribution in [0.2, 0.25) is 0 Å². The van der Waals surface area contributed by atoms with E-state index in [4.69, 9.17) is 4.74 Å². The minimum Gasteiger partial charge on any atom is -0.450 e. The Bertz CT molecular complexity index is 336. The van der Waals surface area contributed by atoms with Crippen LogP contribution in [0.15, 0.2) is 0 Å². The zero-order valence-corrected chi connectivity index (χ0v) is 14.0. The van der Waals surface area contributed by atoms with Gasteiger partial charge in [0.2, 0.25) is 0 Å². The molecular weight excluding hydrogens is 264 g/mol. The maximum absolute atomic E-state index is 11.7. The van der Waals surface area contributed by atoms with E-state index >= 15 is 0 Å². The fourth-order valence-electron chi connectivity index (χ4n) is 3.60. The number of carbonyl (C=O) groups excluding carboxylic acids is 1. The Morgan fingerprint density at radius 2 is 1.81 bits per heavy atom. The number of piperidine rings is 1. The second-order valence-corrected chi connectivity index (χ2v) is 7.42. The van der Waals surface area contributed by atoms with Gasteiger partial charge < -0.3 is 15.0 Å². The summed E-state index contributed by atoms with van der Waals surface area (Å²) in [4.78, 5) is 13.5. The number of amides is 1. The summed E-state index contributed by atoms with van der Waals surface area (Å²) in [6, 6.07) is 1.24. The molecule has 0 aromatic heterocycles. The molecule has 4 heteroatoms. The predicted octanol–water partition coefficient (Wildman–Crippen LogP) is 3.56. The van der Waals surface area contributed by atoms with Crippen LogP contribution < -0.4 is 5.32 Å². The third-order valence-electron chi connectivity index (χ3n) is 5.07. The first kappa shape index (κ1) is 16.6. The highest BCUT2D eigenvalue weighted by atomic mass is 16.6. The second kappa shape index (κ2) is 7.48. The summed E-state index contributed by atoms with van der Waals surface area (Å²) in [5.74, 6) is 0. The summed E-state index contributed by atoms with van der Waals surface area (Å²) >= 11 is 0. The SMILES string of the molecule is CCOC(=O)N1CCC(NC2CCCC(C)(C)CC2)CC1. The lowest BCUT2D eigenvalue weighted by atomic mass is 9.85. The largest absolute Gasteiger partial charge is 0.450 e. The Labute approximate surface area is 129 Å². The molecule has 0 aromatic carbocycles. The van der Waals surface area contributed by atoms with Crippen molar-refractivity contribution < 1.29 is 9.53 Å². The van der Waals surface area contributed by atoms with E-state index in [1.54, 1.807) is 0 Å². The number of carbonyl (C=O) groups is 1. The highest BCUT2D eigenvalue weighted by Gasteiger charge is 2.28. The summed E-state index contributed by atoms with van der Waals surface area (Å²) in [7, 11) is 0. The molecule has 2 aliphatic rings. The van der Waals surface area contributed by atoms with Crippen molar-refractivity contribution in [3.8, 4) is 0 Å². The van der Waals surface area contributed by atoms with E-state index in [1.807, 2.05) is 11.8 Å². The summed E-state index contributed by atoms with van der Waals surface area (Å²) in [5, 5.41) is 3.85. The number of hydrogen-bond donors (Lipinski definition) is 1. The lowest BCUT2D eigenvalue weighted by molar-refractivity contribution is 0.0939. The summed E-state index contributed by atoms with van der Waals surface area (Å²) < 4.78 is 5.07. The van der Waals surface area contributed by atoms with Crippen LogP contribution in [-0.2, 0) is 4.74 Å². The van der Waals surface area contributed by atoms with Crippen molar-refractivity contribution in [3.05, 3.63) is 0 Å². The monoisotopic (exact) mass is 296 g/mol. The summed E-state index contributed by atoms with van der Waals surface area (Å²) in [5.41, 5.74) is 0.518. The fourth-order valence-corrected chi connectivity index (χ4v) is 3.60. The first-order chi connectivity index (χ1) is 10.00. The van der Waals surface area contributed by atoms with Gasteiger partial charge in [0.1, 0.15) is 0 Å². The average molecular weight is 296 g/mol. The van der Waals surface area contributed by atoms with Gasteiger partial charge >= 0.3 is 6.09 Å². The van der Waals surface area contributed by atoms with Crippen LogP contribution >= 0.6 is 0 Å². The molecule has 2 fully saturated rings. The lowest BCUT2D eigenvalue weighted by Crippen LogP contribution is -2.47. The van der Waals surface area contributed by atoms with Crippen molar-refractivity contribution >= 4 is 6.09 Å².